The van der Waals surface area contributed by atoms with Gasteiger partial charge in [-0.05, 0) is 17.7 Å². The molecule has 0 saturated carbocycles. The van der Waals surface area contributed by atoms with Crippen molar-refractivity contribution in [3.63, 3.8) is 0 Å². The summed E-state index contributed by atoms with van der Waals surface area (Å²) in [6.45, 7) is 0. The second kappa shape index (κ2) is 4.07. The van der Waals surface area contributed by atoms with Crippen molar-refractivity contribution in [1.82, 2.24) is 0 Å². The molecule has 1 unspecified atom stereocenters. The number of fused-ring (bicyclic) bond motifs is 1. The van der Waals surface area contributed by atoms with Crippen LogP contribution in [0.3, 0.4) is 0 Å². The Morgan fingerprint density at radius 2 is 1.65 bits per heavy atom. The van der Waals surface area contributed by atoms with Crippen molar-refractivity contribution in [3.8, 4) is 5.75 Å². The summed E-state index contributed by atoms with van der Waals surface area (Å²) in [5, 5.41) is 10.1. The van der Waals surface area contributed by atoms with E-state index in [0.717, 1.165) is 16.9 Å². The molecule has 84 valence electrons. The zero-order valence-corrected chi connectivity index (χ0v) is 9.21. The normalized spacial score (nSPS) is 20.1. The molecular formula is C15H12O2. The molecule has 2 heteroatoms. The van der Waals surface area contributed by atoms with Crippen LogP contribution in [0.2, 0.25) is 0 Å². The fraction of sp³-hybridized carbons (Fsp3) is 0.0667. The lowest BCUT2D eigenvalue weighted by Crippen LogP contribution is -1.96. The van der Waals surface area contributed by atoms with E-state index in [2.05, 4.69) is 0 Å². The van der Waals surface area contributed by atoms with Crippen molar-refractivity contribution < 1.29 is 9.84 Å². The number of ether oxygens (including phenoxy) is 1. The van der Waals surface area contributed by atoms with E-state index >= 15 is 0 Å². The predicted octanol–water partition coefficient (Wildman–Crippen LogP) is 3.15. The minimum atomic E-state index is -0.661. The lowest BCUT2D eigenvalue weighted by Gasteiger charge is -2.03. The molecule has 2 aromatic carbocycles. The molecule has 1 aliphatic heterocycles. The highest BCUT2D eigenvalue weighted by molar-refractivity contribution is 5.57. The SMILES string of the molecule is OC1/C(=C\c2ccccc2)Oc2ccccc21. The van der Waals surface area contributed by atoms with Crippen LogP contribution in [0.25, 0.3) is 6.08 Å². The van der Waals surface area contributed by atoms with Crippen LogP contribution in [0, 0.1) is 0 Å². The van der Waals surface area contributed by atoms with Gasteiger partial charge in [-0.3, -0.25) is 0 Å². The molecule has 0 aliphatic carbocycles. The van der Waals surface area contributed by atoms with Gasteiger partial charge in [0.15, 0.2) is 0 Å². The zero-order valence-electron chi connectivity index (χ0n) is 9.21. The van der Waals surface area contributed by atoms with Crippen molar-refractivity contribution >= 4 is 6.08 Å². The first-order chi connectivity index (χ1) is 8.34. The van der Waals surface area contributed by atoms with Crippen LogP contribution in [0.1, 0.15) is 17.2 Å². The molecule has 0 fully saturated rings. The molecule has 1 N–H and O–H groups in total. The maximum atomic E-state index is 10.1. The summed E-state index contributed by atoms with van der Waals surface area (Å²) in [6, 6.07) is 17.4. The minimum Gasteiger partial charge on any atom is -0.458 e. The second-order valence-electron chi connectivity index (χ2n) is 4.00. The summed E-state index contributed by atoms with van der Waals surface area (Å²) in [4.78, 5) is 0. The second-order valence-corrected chi connectivity index (χ2v) is 4.00. The largest absolute Gasteiger partial charge is 0.458 e. The monoisotopic (exact) mass is 224 g/mol. The maximum absolute atomic E-state index is 10.1. The first-order valence-electron chi connectivity index (χ1n) is 5.56. The van der Waals surface area contributed by atoms with Gasteiger partial charge in [0.2, 0.25) is 0 Å². The van der Waals surface area contributed by atoms with Crippen LogP contribution in [0.4, 0.5) is 0 Å². The van der Waals surface area contributed by atoms with E-state index in [4.69, 9.17) is 4.74 Å². The molecule has 0 radical (unpaired) electrons. The Morgan fingerprint density at radius 1 is 0.941 bits per heavy atom. The van der Waals surface area contributed by atoms with Gasteiger partial charge in [0.25, 0.3) is 0 Å². The smallest absolute Gasteiger partial charge is 0.140 e. The molecule has 17 heavy (non-hydrogen) atoms. The fourth-order valence-electron chi connectivity index (χ4n) is 1.96. The van der Waals surface area contributed by atoms with Gasteiger partial charge >= 0.3 is 0 Å². The molecule has 1 aliphatic rings. The standard InChI is InChI=1S/C15H12O2/c16-15-12-8-4-5-9-13(12)17-14(15)10-11-6-2-1-3-7-11/h1-10,15-16H/b14-10+. The summed E-state index contributed by atoms with van der Waals surface area (Å²) in [5.74, 6) is 1.32. The van der Waals surface area contributed by atoms with E-state index in [0.29, 0.717) is 5.76 Å². The van der Waals surface area contributed by atoms with Gasteiger partial charge in [-0.15, -0.1) is 0 Å². The summed E-state index contributed by atoms with van der Waals surface area (Å²) < 4.78 is 5.63. The fourth-order valence-corrected chi connectivity index (χ4v) is 1.96. The number of hydrogen-bond donors (Lipinski definition) is 1. The minimum absolute atomic E-state index is 0.581. The van der Waals surface area contributed by atoms with Crippen molar-refractivity contribution in [2.45, 2.75) is 6.10 Å². The van der Waals surface area contributed by atoms with E-state index in [1.165, 1.54) is 0 Å². The summed E-state index contributed by atoms with van der Waals surface area (Å²) in [7, 11) is 0. The number of rotatable bonds is 1. The molecule has 3 rings (SSSR count). The van der Waals surface area contributed by atoms with Crippen molar-refractivity contribution in [2.75, 3.05) is 0 Å². The lowest BCUT2D eigenvalue weighted by atomic mass is 10.1. The van der Waals surface area contributed by atoms with Crippen LogP contribution in [-0.4, -0.2) is 5.11 Å². The van der Waals surface area contributed by atoms with Gasteiger partial charge in [-0.1, -0.05) is 48.5 Å². The van der Waals surface area contributed by atoms with Gasteiger partial charge in [0, 0.05) is 5.56 Å². The molecule has 1 heterocycles. The van der Waals surface area contributed by atoms with Gasteiger partial charge in [0.05, 0.1) is 0 Å². The van der Waals surface area contributed by atoms with Crippen LogP contribution in [0.15, 0.2) is 60.4 Å². The molecule has 0 bridgehead atoms. The Balaban J connectivity index is 1.97. The van der Waals surface area contributed by atoms with Gasteiger partial charge in [0.1, 0.15) is 17.6 Å². The maximum Gasteiger partial charge on any atom is 0.140 e. The molecule has 1 atom stereocenters. The molecule has 0 saturated heterocycles. The summed E-state index contributed by atoms with van der Waals surface area (Å²) in [5.41, 5.74) is 1.85. The Morgan fingerprint density at radius 3 is 2.41 bits per heavy atom. The Labute approximate surface area is 99.8 Å². The van der Waals surface area contributed by atoms with E-state index < -0.39 is 6.10 Å². The number of para-hydroxylation sites is 1. The van der Waals surface area contributed by atoms with Gasteiger partial charge in [-0.25, -0.2) is 0 Å². The van der Waals surface area contributed by atoms with E-state index in [-0.39, 0.29) is 0 Å². The van der Waals surface area contributed by atoms with Crippen LogP contribution < -0.4 is 4.74 Å². The first kappa shape index (κ1) is 10.1. The Kier molecular flexibility index (Phi) is 2.42. The molecular weight excluding hydrogens is 212 g/mol. The third-order valence-corrected chi connectivity index (χ3v) is 2.82. The molecule has 0 aromatic heterocycles. The van der Waals surface area contributed by atoms with E-state index in [1.807, 2.05) is 60.7 Å². The number of benzene rings is 2. The van der Waals surface area contributed by atoms with Crippen molar-refractivity contribution in [3.05, 3.63) is 71.5 Å². The number of aliphatic hydroxyl groups is 1. The zero-order chi connectivity index (χ0) is 11.7. The number of hydrogen-bond acceptors (Lipinski definition) is 2. The van der Waals surface area contributed by atoms with E-state index in [9.17, 15) is 5.11 Å². The average molecular weight is 224 g/mol. The van der Waals surface area contributed by atoms with Crippen LogP contribution >= 0.6 is 0 Å². The van der Waals surface area contributed by atoms with Gasteiger partial charge in [-0.2, -0.15) is 0 Å². The molecule has 0 spiro atoms. The topological polar surface area (TPSA) is 29.5 Å². The molecule has 0 amide bonds. The third-order valence-electron chi connectivity index (χ3n) is 2.82. The third kappa shape index (κ3) is 1.83. The highest BCUT2D eigenvalue weighted by Gasteiger charge is 2.26. The first-order valence-corrected chi connectivity index (χ1v) is 5.56. The highest BCUT2D eigenvalue weighted by Crippen LogP contribution is 2.39. The number of aliphatic hydroxyl groups excluding tert-OH is 1. The summed E-state index contributed by atoms with van der Waals surface area (Å²) in [6.07, 6.45) is 1.21. The Bertz CT molecular complexity index is 558. The molecule has 2 nitrogen and oxygen atoms in total. The van der Waals surface area contributed by atoms with Crippen molar-refractivity contribution in [2.24, 2.45) is 0 Å². The average Bonchev–Trinajstić information content (AvgIpc) is 2.68. The lowest BCUT2D eigenvalue weighted by molar-refractivity contribution is 0.193. The highest BCUT2D eigenvalue weighted by atomic mass is 16.5. The quantitative estimate of drug-likeness (QED) is 0.806. The van der Waals surface area contributed by atoms with Crippen LogP contribution in [-0.2, 0) is 0 Å². The summed E-state index contributed by atoms with van der Waals surface area (Å²) >= 11 is 0. The Hall–Kier alpha value is -2.06. The predicted molar refractivity (Wildman–Crippen MR) is 66.4 cm³/mol. The molecule has 2 aromatic rings. The van der Waals surface area contributed by atoms with E-state index in [1.54, 1.807) is 0 Å². The van der Waals surface area contributed by atoms with Crippen LogP contribution in [0.5, 0.6) is 5.75 Å². The van der Waals surface area contributed by atoms with Gasteiger partial charge < -0.3 is 9.84 Å². The van der Waals surface area contributed by atoms with Crippen molar-refractivity contribution in [1.29, 1.82) is 0 Å².